The lowest BCUT2D eigenvalue weighted by Crippen LogP contribution is -2.37. The first-order valence-corrected chi connectivity index (χ1v) is 8.91. The third kappa shape index (κ3) is 5.87. The van der Waals surface area contributed by atoms with Crippen molar-refractivity contribution in [1.82, 2.24) is 5.32 Å². The van der Waals surface area contributed by atoms with E-state index in [-0.39, 0.29) is 11.9 Å². The van der Waals surface area contributed by atoms with E-state index in [2.05, 4.69) is 12.2 Å². The summed E-state index contributed by atoms with van der Waals surface area (Å²) in [5.41, 5.74) is 0.515. The molecule has 1 saturated heterocycles. The smallest absolute Gasteiger partial charge is 0.328 e. The highest BCUT2D eigenvalue weighted by molar-refractivity contribution is 5.97. The highest BCUT2D eigenvalue weighted by atomic mass is 16.5. The van der Waals surface area contributed by atoms with Crippen LogP contribution in [-0.2, 0) is 9.53 Å². The fraction of sp³-hybridized carbons (Fsp3) is 0.579. The number of hydrogen-bond donors (Lipinski definition) is 1. The van der Waals surface area contributed by atoms with Crippen molar-refractivity contribution < 1.29 is 19.1 Å². The lowest BCUT2D eigenvalue weighted by atomic mass is 10.1. The second kappa shape index (κ2) is 9.96. The van der Waals surface area contributed by atoms with Crippen LogP contribution in [-0.4, -0.2) is 31.1 Å². The van der Waals surface area contributed by atoms with Crippen LogP contribution in [0.15, 0.2) is 24.3 Å². The van der Waals surface area contributed by atoms with Crippen molar-refractivity contribution in [2.45, 2.75) is 57.9 Å². The van der Waals surface area contributed by atoms with Crippen molar-refractivity contribution in [2.24, 2.45) is 0 Å². The Labute approximate surface area is 143 Å². The molecule has 0 saturated carbocycles. The molecule has 1 aromatic rings. The largest absolute Gasteiger partial charge is 0.494 e. The van der Waals surface area contributed by atoms with Gasteiger partial charge in [-0.25, -0.2) is 4.79 Å². The second-order valence-corrected chi connectivity index (χ2v) is 6.12. The summed E-state index contributed by atoms with van der Waals surface area (Å²) >= 11 is 0. The summed E-state index contributed by atoms with van der Waals surface area (Å²) in [5.74, 6) is 0.143. The van der Waals surface area contributed by atoms with Gasteiger partial charge in [-0.05, 0) is 30.7 Å². The molecule has 0 radical (unpaired) electrons. The van der Waals surface area contributed by atoms with Crippen LogP contribution in [0, 0.1) is 0 Å². The molecular weight excluding hydrogens is 306 g/mol. The van der Waals surface area contributed by atoms with Crippen LogP contribution in [0.25, 0.3) is 0 Å². The zero-order valence-electron chi connectivity index (χ0n) is 14.4. The van der Waals surface area contributed by atoms with Crippen LogP contribution in [0.5, 0.6) is 5.75 Å². The van der Waals surface area contributed by atoms with Gasteiger partial charge in [0.25, 0.3) is 5.91 Å². The molecule has 24 heavy (non-hydrogen) atoms. The Morgan fingerprint density at radius 3 is 2.54 bits per heavy atom. The molecule has 1 aromatic carbocycles. The zero-order chi connectivity index (χ0) is 17.2. The zero-order valence-corrected chi connectivity index (χ0v) is 14.4. The Morgan fingerprint density at radius 2 is 1.88 bits per heavy atom. The normalized spacial score (nSPS) is 16.7. The summed E-state index contributed by atoms with van der Waals surface area (Å²) in [4.78, 5) is 23.5. The van der Waals surface area contributed by atoms with Gasteiger partial charge in [-0.3, -0.25) is 4.79 Å². The SMILES string of the molecule is CCCCCCCCOc1ccc(C(=O)N[C@H]2CCOC2=O)cc1. The Bertz CT molecular complexity index is 527. The molecule has 1 fully saturated rings. The first-order chi connectivity index (χ1) is 11.7. The van der Waals surface area contributed by atoms with Gasteiger partial charge in [0.1, 0.15) is 11.8 Å². The van der Waals surface area contributed by atoms with Gasteiger partial charge < -0.3 is 14.8 Å². The van der Waals surface area contributed by atoms with Crippen molar-refractivity contribution in [2.75, 3.05) is 13.2 Å². The minimum Gasteiger partial charge on any atom is -0.494 e. The predicted molar refractivity (Wildman–Crippen MR) is 92.1 cm³/mol. The maximum atomic E-state index is 12.1. The van der Waals surface area contributed by atoms with E-state index in [4.69, 9.17) is 9.47 Å². The number of rotatable bonds is 10. The Balaban J connectivity index is 1.68. The minimum absolute atomic E-state index is 0.263. The van der Waals surface area contributed by atoms with E-state index >= 15 is 0 Å². The number of cyclic esters (lactones) is 1. The molecule has 2 rings (SSSR count). The maximum absolute atomic E-state index is 12.1. The van der Waals surface area contributed by atoms with Crippen LogP contribution in [0.2, 0.25) is 0 Å². The monoisotopic (exact) mass is 333 g/mol. The highest BCUT2D eigenvalue weighted by Crippen LogP contribution is 2.14. The first kappa shape index (κ1) is 18.3. The van der Waals surface area contributed by atoms with Gasteiger partial charge in [0, 0.05) is 12.0 Å². The molecule has 1 aliphatic heterocycles. The summed E-state index contributed by atoms with van der Waals surface area (Å²) in [6, 6.07) is 6.48. The quantitative estimate of drug-likeness (QED) is 0.526. The van der Waals surface area contributed by atoms with Crippen LogP contribution < -0.4 is 10.1 Å². The number of ether oxygens (including phenoxy) is 2. The van der Waals surface area contributed by atoms with Crippen molar-refractivity contribution in [3.63, 3.8) is 0 Å². The molecule has 1 N–H and O–H groups in total. The molecule has 0 aromatic heterocycles. The van der Waals surface area contributed by atoms with Gasteiger partial charge in [0.2, 0.25) is 0 Å². The van der Waals surface area contributed by atoms with Crippen molar-refractivity contribution in [3.05, 3.63) is 29.8 Å². The number of unbranched alkanes of at least 4 members (excludes halogenated alkanes) is 5. The Hall–Kier alpha value is -2.04. The summed E-state index contributed by atoms with van der Waals surface area (Å²) in [6.07, 6.45) is 7.91. The van der Waals surface area contributed by atoms with Gasteiger partial charge in [0.05, 0.1) is 13.2 Å². The second-order valence-electron chi connectivity index (χ2n) is 6.12. The lowest BCUT2D eigenvalue weighted by Gasteiger charge is -2.10. The molecule has 0 unspecified atom stereocenters. The molecule has 5 nitrogen and oxygen atoms in total. The third-order valence-corrected chi connectivity index (χ3v) is 4.12. The molecule has 0 aliphatic carbocycles. The molecule has 1 atom stereocenters. The average molecular weight is 333 g/mol. The highest BCUT2D eigenvalue weighted by Gasteiger charge is 2.28. The van der Waals surface area contributed by atoms with E-state index in [1.807, 2.05) is 0 Å². The van der Waals surface area contributed by atoms with E-state index in [0.29, 0.717) is 25.2 Å². The Morgan fingerprint density at radius 1 is 1.17 bits per heavy atom. The van der Waals surface area contributed by atoms with Crippen molar-refractivity contribution in [1.29, 1.82) is 0 Å². The van der Waals surface area contributed by atoms with Gasteiger partial charge in [-0.1, -0.05) is 39.0 Å². The summed E-state index contributed by atoms with van der Waals surface area (Å²) in [7, 11) is 0. The molecule has 1 amide bonds. The van der Waals surface area contributed by atoms with Gasteiger partial charge in [-0.2, -0.15) is 0 Å². The third-order valence-electron chi connectivity index (χ3n) is 4.12. The number of carbonyl (C=O) groups is 2. The topological polar surface area (TPSA) is 64.6 Å². The average Bonchev–Trinajstić information content (AvgIpc) is 2.99. The van der Waals surface area contributed by atoms with E-state index in [9.17, 15) is 9.59 Å². The molecular formula is C19H27NO4. The van der Waals surface area contributed by atoms with Crippen LogP contribution in [0.1, 0.15) is 62.2 Å². The molecule has 5 heteroatoms. The fourth-order valence-corrected chi connectivity index (χ4v) is 2.64. The van der Waals surface area contributed by atoms with Gasteiger partial charge >= 0.3 is 5.97 Å². The number of nitrogens with one attached hydrogen (secondary N) is 1. The van der Waals surface area contributed by atoms with Gasteiger partial charge in [-0.15, -0.1) is 0 Å². The first-order valence-electron chi connectivity index (χ1n) is 8.91. The van der Waals surface area contributed by atoms with Crippen molar-refractivity contribution >= 4 is 11.9 Å². The van der Waals surface area contributed by atoms with Crippen molar-refractivity contribution in [3.8, 4) is 5.75 Å². The number of benzene rings is 1. The summed E-state index contributed by atoms with van der Waals surface area (Å²) < 4.78 is 10.5. The van der Waals surface area contributed by atoms with E-state index in [1.54, 1.807) is 24.3 Å². The standard InChI is InChI=1S/C19H27NO4/c1-2-3-4-5-6-7-13-23-16-10-8-15(9-11-16)18(21)20-17-12-14-24-19(17)22/h8-11,17H,2-7,12-14H2,1H3,(H,20,21)/t17-/m0/s1. The van der Waals surface area contributed by atoms with Crippen LogP contribution in [0.3, 0.4) is 0 Å². The lowest BCUT2D eigenvalue weighted by molar-refractivity contribution is -0.139. The predicted octanol–water partition coefficient (Wildman–Crippen LogP) is 3.47. The van der Waals surface area contributed by atoms with E-state index in [0.717, 1.165) is 12.2 Å². The van der Waals surface area contributed by atoms with E-state index in [1.165, 1.54) is 32.1 Å². The number of amides is 1. The molecule has 132 valence electrons. The van der Waals surface area contributed by atoms with Crippen LogP contribution in [0.4, 0.5) is 0 Å². The number of esters is 1. The number of carbonyl (C=O) groups excluding carboxylic acids is 2. The fourth-order valence-electron chi connectivity index (χ4n) is 2.64. The molecule has 0 bridgehead atoms. The molecule has 0 spiro atoms. The summed E-state index contributed by atoms with van der Waals surface area (Å²) in [5, 5.41) is 2.69. The number of hydrogen-bond acceptors (Lipinski definition) is 4. The maximum Gasteiger partial charge on any atom is 0.328 e. The minimum atomic E-state index is -0.527. The van der Waals surface area contributed by atoms with Crippen LogP contribution >= 0.6 is 0 Å². The molecule has 1 heterocycles. The summed E-state index contributed by atoms with van der Waals surface area (Å²) in [6.45, 7) is 3.28. The Kier molecular flexibility index (Phi) is 7.59. The molecule has 1 aliphatic rings. The van der Waals surface area contributed by atoms with E-state index < -0.39 is 6.04 Å². The van der Waals surface area contributed by atoms with Gasteiger partial charge in [0.15, 0.2) is 0 Å².